The molecule has 2 amide bonds. The van der Waals surface area contributed by atoms with Crippen LogP contribution in [-0.4, -0.2) is 55.0 Å². The molecular formula is C23H32ClN3O3. The summed E-state index contributed by atoms with van der Waals surface area (Å²) in [5.41, 5.74) is 0.751. The Morgan fingerprint density at radius 3 is 2.80 bits per heavy atom. The Morgan fingerprint density at radius 2 is 2.07 bits per heavy atom. The Hall–Kier alpha value is -2.05. The van der Waals surface area contributed by atoms with Crippen LogP contribution in [0.1, 0.15) is 45.1 Å². The number of halogens is 1. The Morgan fingerprint density at radius 1 is 1.30 bits per heavy atom. The van der Waals surface area contributed by atoms with E-state index >= 15 is 0 Å². The minimum absolute atomic E-state index is 0.0830. The van der Waals surface area contributed by atoms with Crippen molar-refractivity contribution in [2.24, 2.45) is 5.92 Å². The summed E-state index contributed by atoms with van der Waals surface area (Å²) in [4.78, 5) is 27.4. The molecule has 6 nitrogen and oxygen atoms in total. The van der Waals surface area contributed by atoms with Crippen LogP contribution in [0.25, 0.3) is 6.08 Å². The first kappa shape index (κ1) is 22.6. The molecule has 1 aromatic carbocycles. The van der Waals surface area contributed by atoms with Crippen LogP contribution < -0.4 is 10.6 Å². The molecule has 2 aliphatic rings. The number of benzene rings is 1. The van der Waals surface area contributed by atoms with Crippen LogP contribution >= 0.6 is 11.6 Å². The van der Waals surface area contributed by atoms with Crippen molar-refractivity contribution >= 4 is 29.5 Å². The van der Waals surface area contributed by atoms with Crippen molar-refractivity contribution in [2.45, 2.75) is 51.7 Å². The number of ether oxygens (including phenoxy) is 1. The van der Waals surface area contributed by atoms with E-state index in [9.17, 15) is 9.59 Å². The Labute approximate surface area is 184 Å². The molecule has 0 radical (unpaired) electrons. The van der Waals surface area contributed by atoms with Crippen LogP contribution in [0, 0.1) is 5.92 Å². The summed E-state index contributed by atoms with van der Waals surface area (Å²) in [7, 11) is 0. The second-order valence-electron chi connectivity index (χ2n) is 7.95. The van der Waals surface area contributed by atoms with Crippen molar-refractivity contribution in [1.29, 1.82) is 0 Å². The van der Waals surface area contributed by atoms with Gasteiger partial charge in [0.1, 0.15) is 6.10 Å². The minimum Gasteiger partial charge on any atom is -0.483 e. The molecule has 1 aromatic rings. The van der Waals surface area contributed by atoms with Gasteiger partial charge in [0.15, 0.2) is 5.76 Å². The van der Waals surface area contributed by atoms with Crippen LogP contribution in [-0.2, 0) is 14.3 Å². The highest BCUT2D eigenvalue weighted by Gasteiger charge is 2.40. The van der Waals surface area contributed by atoms with Crippen LogP contribution in [0.4, 0.5) is 0 Å². The molecule has 7 heteroatoms. The average Bonchev–Trinajstić information content (AvgIpc) is 2.75. The van der Waals surface area contributed by atoms with Crippen molar-refractivity contribution in [3.63, 3.8) is 0 Å². The van der Waals surface area contributed by atoms with Gasteiger partial charge in [-0.15, -0.1) is 0 Å². The zero-order valence-electron chi connectivity index (χ0n) is 17.8. The monoisotopic (exact) mass is 433 g/mol. The highest BCUT2D eigenvalue weighted by molar-refractivity contribution is 6.32. The zero-order valence-corrected chi connectivity index (χ0v) is 18.6. The molecule has 1 aliphatic carbocycles. The molecule has 0 spiro atoms. The van der Waals surface area contributed by atoms with Crippen molar-refractivity contribution in [3.8, 4) is 0 Å². The first-order chi connectivity index (χ1) is 14.5. The number of hydrogen-bond donors (Lipinski definition) is 2. The Kier molecular flexibility index (Phi) is 8.16. The number of nitrogens with one attached hydrogen (secondary N) is 2. The number of amides is 2. The molecule has 1 heterocycles. The van der Waals surface area contributed by atoms with Gasteiger partial charge in [0, 0.05) is 17.5 Å². The number of nitrogens with zero attached hydrogens (tertiary/aromatic N) is 1. The molecular weight excluding hydrogens is 402 g/mol. The van der Waals surface area contributed by atoms with E-state index < -0.39 is 0 Å². The SMILES string of the molecule is CCN(CC)CCCNC(=O)C1CCC2O/C(=C/c3ccccc3Cl)C(=O)NC2C1. The topological polar surface area (TPSA) is 70.7 Å². The lowest BCUT2D eigenvalue weighted by atomic mass is 9.82. The number of carbonyl (C=O) groups is 2. The van der Waals surface area contributed by atoms with Gasteiger partial charge in [-0.25, -0.2) is 0 Å². The predicted octanol–water partition coefficient (Wildman–Crippen LogP) is 3.21. The highest BCUT2D eigenvalue weighted by Crippen LogP contribution is 2.32. The third-order valence-corrected chi connectivity index (χ3v) is 6.36. The molecule has 3 atom stereocenters. The van der Waals surface area contributed by atoms with Gasteiger partial charge in [-0.1, -0.05) is 43.6 Å². The third-order valence-electron chi connectivity index (χ3n) is 6.01. The fourth-order valence-corrected chi connectivity index (χ4v) is 4.35. The molecule has 2 N–H and O–H groups in total. The van der Waals surface area contributed by atoms with E-state index in [0.717, 1.165) is 44.5 Å². The fourth-order valence-electron chi connectivity index (χ4n) is 4.16. The molecule has 1 saturated carbocycles. The largest absolute Gasteiger partial charge is 0.483 e. The zero-order chi connectivity index (χ0) is 21.5. The number of rotatable bonds is 8. The molecule has 3 unspecified atom stereocenters. The molecule has 164 valence electrons. The summed E-state index contributed by atoms with van der Waals surface area (Å²) in [5.74, 6) is 0.0254. The van der Waals surface area contributed by atoms with Crippen LogP contribution in [0.2, 0.25) is 5.02 Å². The van der Waals surface area contributed by atoms with Gasteiger partial charge in [-0.3, -0.25) is 9.59 Å². The molecule has 1 aliphatic heterocycles. The lowest BCUT2D eigenvalue weighted by molar-refractivity contribution is -0.134. The van der Waals surface area contributed by atoms with Gasteiger partial charge in [-0.05, 0) is 63.0 Å². The van der Waals surface area contributed by atoms with Crippen molar-refractivity contribution in [2.75, 3.05) is 26.2 Å². The van der Waals surface area contributed by atoms with E-state index in [2.05, 4.69) is 29.4 Å². The Balaban J connectivity index is 1.50. The van der Waals surface area contributed by atoms with Gasteiger partial charge in [0.25, 0.3) is 5.91 Å². The first-order valence-electron chi connectivity index (χ1n) is 11.0. The summed E-state index contributed by atoms with van der Waals surface area (Å²) in [5, 5.41) is 6.67. The molecule has 2 fully saturated rings. The average molecular weight is 434 g/mol. The normalized spacial score (nSPS) is 24.9. The van der Waals surface area contributed by atoms with Crippen molar-refractivity contribution in [1.82, 2.24) is 15.5 Å². The summed E-state index contributed by atoms with van der Waals surface area (Å²) < 4.78 is 5.99. The predicted molar refractivity (Wildman–Crippen MR) is 119 cm³/mol. The quantitative estimate of drug-likeness (QED) is 0.488. The van der Waals surface area contributed by atoms with Crippen molar-refractivity contribution in [3.05, 3.63) is 40.6 Å². The summed E-state index contributed by atoms with van der Waals surface area (Å²) in [6.45, 7) is 8.04. The number of carbonyl (C=O) groups excluding carboxylic acids is 2. The smallest absolute Gasteiger partial charge is 0.286 e. The van der Waals surface area contributed by atoms with Gasteiger partial charge >= 0.3 is 0 Å². The lowest BCUT2D eigenvalue weighted by Gasteiger charge is -2.39. The van der Waals surface area contributed by atoms with Crippen LogP contribution in [0.5, 0.6) is 0 Å². The van der Waals surface area contributed by atoms with E-state index in [4.69, 9.17) is 16.3 Å². The second kappa shape index (κ2) is 10.8. The number of fused-ring (bicyclic) bond motifs is 1. The highest BCUT2D eigenvalue weighted by atomic mass is 35.5. The van der Waals surface area contributed by atoms with Crippen LogP contribution in [0.15, 0.2) is 30.0 Å². The van der Waals surface area contributed by atoms with E-state index in [1.807, 2.05) is 18.2 Å². The summed E-state index contributed by atoms with van der Waals surface area (Å²) in [6.07, 6.45) is 4.63. The standard InChI is InChI=1S/C23H32ClN3O3/c1-3-27(4-2)13-7-12-25-22(28)17-10-11-20-19(14-17)26-23(29)21(30-20)15-16-8-5-6-9-18(16)24/h5-6,8-9,15,17,19-20H,3-4,7,10-14H2,1-2H3,(H,25,28)(H,26,29)/b21-15+. The van der Waals surface area contributed by atoms with Gasteiger partial charge in [0.05, 0.1) is 6.04 Å². The molecule has 0 aromatic heterocycles. The fraction of sp³-hybridized carbons (Fsp3) is 0.565. The van der Waals surface area contributed by atoms with Gasteiger partial charge in [0.2, 0.25) is 5.91 Å². The molecule has 30 heavy (non-hydrogen) atoms. The maximum absolute atomic E-state index is 12.6. The third kappa shape index (κ3) is 5.76. The first-order valence-corrected chi connectivity index (χ1v) is 11.3. The summed E-state index contributed by atoms with van der Waals surface area (Å²) >= 11 is 6.19. The van der Waals surface area contributed by atoms with Gasteiger partial charge in [-0.2, -0.15) is 0 Å². The van der Waals surface area contributed by atoms with E-state index in [0.29, 0.717) is 18.0 Å². The maximum atomic E-state index is 12.6. The molecule has 3 rings (SSSR count). The van der Waals surface area contributed by atoms with E-state index in [1.165, 1.54) is 0 Å². The molecule has 1 saturated heterocycles. The number of hydrogen-bond acceptors (Lipinski definition) is 4. The molecule has 0 bridgehead atoms. The minimum atomic E-state index is -0.253. The lowest BCUT2D eigenvalue weighted by Crippen LogP contribution is -2.54. The van der Waals surface area contributed by atoms with Crippen molar-refractivity contribution < 1.29 is 14.3 Å². The maximum Gasteiger partial charge on any atom is 0.286 e. The summed E-state index contributed by atoms with van der Waals surface area (Å²) in [6, 6.07) is 7.20. The second-order valence-corrected chi connectivity index (χ2v) is 8.35. The Bertz CT molecular complexity index is 779. The van der Waals surface area contributed by atoms with Gasteiger partial charge < -0.3 is 20.3 Å². The van der Waals surface area contributed by atoms with Crippen LogP contribution in [0.3, 0.4) is 0 Å². The van der Waals surface area contributed by atoms with E-state index in [1.54, 1.807) is 12.1 Å². The number of morpholine rings is 1. The van der Waals surface area contributed by atoms with E-state index in [-0.39, 0.29) is 35.6 Å².